The Hall–Kier alpha value is -1.26. The maximum atomic E-state index is 5.75. The van der Waals surface area contributed by atoms with Crippen molar-refractivity contribution in [2.45, 2.75) is 20.0 Å². The van der Waals surface area contributed by atoms with Crippen molar-refractivity contribution >= 4 is 21.6 Å². The molecule has 0 saturated carbocycles. The van der Waals surface area contributed by atoms with Crippen LogP contribution >= 0.6 is 15.9 Å². The average molecular weight is 295 g/mol. The highest BCUT2D eigenvalue weighted by molar-refractivity contribution is 9.10. The van der Waals surface area contributed by atoms with Crippen LogP contribution in [-0.2, 0) is 13.1 Å². The van der Waals surface area contributed by atoms with Crippen molar-refractivity contribution in [3.8, 4) is 0 Å². The zero-order valence-electron chi connectivity index (χ0n) is 9.66. The van der Waals surface area contributed by atoms with Crippen LogP contribution in [0.5, 0.6) is 0 Å². The van der Waals surface area contributed by atoms with Crippen LogP contribution in [0.2, 0.25) is 0 Å². The number of aryl methyl sites for hydroxylation is 1. The van der Waals surface area contributed by atoms with E-state index < -0.39 is 0 Å². The number of anilines is 1. The Kier molecular flexibility index (Phi) is 3.86. The van der Waals surface area contributed by atoms with Crippen molar-refractivity contribution in [3.63, 3.8) is 0 Å². The lowest BCUT2D eigenvalue weighted by atomic mass is 10.2. The second-order valence-corrected chi connectivity index (χ2v) is 4.82. The number of halogens is 1. The lowest BCUT2D eigenvalue weighted by molar-refractivity contribution is 0.461. The molecule has 0 unspecified atom stereocenters. The van der Waals surface area contributed by atoms with Gasteiger partial charge in [0.15, 0.2) is 0 Å². The fourth-order valence-electron chi connectivity index (χ4n) is 1.63. The van der Waals surface area contributed by atoms with Crippen molar-refractivity contribution in [2.75, 3.05) is 5.73 Å². The van der Waals surface area contributed by atoms with E-state index in [1.165, 1.54) is 0 Å². The number of furan rings is 1. The molecule has 3 N–H and O–H groups in total. The summed E-state index contributed by atoms with van der Waals surface area (Å²) in [6.07, 6.45) is 0. The van der Waals surface area contributed by atoms with Gasteiger partial charge in [-0.05, 0) is 42.8 Å². The largest absolute Gasteiger partial charge is 0.465 e. The highest BCUT2D eigenvalue weighted by Crippen LogP contribution is 2.19. The van der Waals surface area contributed by atoms with E-state index in [0.29, 0.717) is 0 Å². The molecule has 3 nitrogen and oxygen atoms in total. The van der Waals surface area contributed by atoms with E-state index in [1.807, 2.05) is 37.3 Å². The molecule has 0 aliphatic carbocycles. The summed E-state index contributed by atoms with van der Waals surface area (Å²) in [6.45, 7) is 3.42. The van der Waals surface area contributed by atoms with E-state index in [1.54, 1.807) is 0 Å². The van der Waals surface area contributed by atoms with Crippen molar-refractivity contribution in [3.05, 3.63) is 51.9 Å². The van der Waals surface area contributed by atoms with Crippen LogP contribution < -0.4 is 11.1 Å². The predicted octanol–water partition coefficient (Wildman–Crippen LogP) is 3.22. The molecule has 4 heteroatoms. The molecule has 0 amide bonds. The van der Waals surface area contributed by atoms with E-state index >= 15 is 0 Å². The van der Waals surface area contributed by atoms with E-state index in [9.17, 15) is 0 Å². The molecule has 0 spiro atoms. The fraction of sp³-hybridized carbons (Fsp3) is 0.231. The highest BCUT2D eigenvalue weighted by atomic mass is 79.9. The van der Waals surface area contributed by atoms with Gasteiger partial charge < -0.3 is 15.5 Å². The number of benzene rings is 1. The lowest BCUT2D eigenvalue weighted by Gasteiger charge is -2.06. The molecule has 1 aromatic heterocycles. The van der Waals surface area contributed by atoms with Crippen LogP contribution in [0, 0.1) is 6.92 Å². The number of hydrogen-bond acceptors (Lipinski definition) is 3. The SMILES string of the molecule is Cc1ccc(CNCc2cc(N)ccc2Br)o1. The zero-order valence-corrected chi connectivity index (χ0v) is 11.3. The number of hydrogen-bond donors (Lipinski definition) is 2. The summed E-state index contributed by atoms with van der Waals surface area (Å²) >= 11 is 3.50. The van der Waals surface area contributed by atoms with Crippen LogP contribution in [0.25, 0.3) is 0 Å². The molecule has 0 fully saturated rings. The maximum Gasteiger partial charge on any atom is 0.117 e. The Balaban J connectivity index is 1.91. The van der Waals surface area contributed by atoms with Crippen molar-refractivity contribution < 1.29 is 4.42 Å². The number of nitrogen functional groups attached to an aromatic ring is 1. The maximum absolute atomic E-state index is 5.75. The molecule has 0 bridgehead atoms. The predicted molar refractivity (Wildman–Crippen MR) is 72.5 cm³/mol. The molecule has 2 rings (SSSR count). The van der Waals surface area contributed by atoms with Crippen LogP contribution in [0.15, 0.2) is 39.2 Å². The Labute approximate surface area is 109 Å². The van der Waals surface area contributed by atoms with Gasteiger partial charge in [-0.1, -0.05) is 15.9 Å². The summed E-state index contributed by atoms with van der Waals surface area (Å²) in [5.41, 5.74) is 7.67. The third kappa shape index (κ3) is 3.35. The molecular weight excluding hydrogens is 280 g/mol. The van der Waals surface area contributed by atoms with Crippen molar-refractivity contribution in [1.82, 2.24) is 5.32 Å². The van der Waals surface area contributed by atoms with Gasteiger partial charge in [0.2, 0.25) is 0 Å². The summed E-state index contributed by atoms with van der Waals surface area (Å²) in [5.74, 6) is 1.88. The minimum Gasteiger partial charge on any atom is -0.465 e. The first-order valence-corrected chi connectivity index (χ1v) is 6.24. The van der Waals surface area contributed by atoms with Crippen LogP contribution in [-0.4, -0.2) is 0 Å². The Morgan fingerprint density at radius 1 is 1.24 bits per heavy atom. The lowest BCUT2D eigenvalue weighted by Crippen LogP contribution is -2.12. The Morgan fingerprint density at radius 3 is 2.76 bits per heavy atom. The van der Waals surface area contributed by atoms with Gasteiger partial charge in [-0.2, -0.15) is 0 Å². The summed E-state index contributed by atoms with van der Waals surface area (Å²) < 4.78 is 6.54. The molecule has 90 valence electrons. The quantitative estimate of drug-likeness (QED) is 0.851. The monoisotopic (exact) mass is 294 g/mol. The normalized spacial score (nSPS) is 10.7. The van der Waals surface area contributed by atoms with Gasteiger partial charge in [-0.25, -0.2) is 0 Å². The Morgan fingerprint density at radius 2 is 2.06 bits per heavy atom. The smallest absolute Gasteiger partial charge is 0.117 e. The summed E-state index contributed by atoms with van der Waals surface area (Å²) in [7, 11) is 0. The highest BCUT2D eigenvalue weighted by Gasteiger charge is 2.02. The first kappa shape index (κ1) is 12.2. The standard InChI is InChI=1S/C13H15BrN2O/c1-9-2-4-12(17-9)8-16-7-10-6-11(15)3-5-13(10)14/h2-6,16H,7-8,15H2,1H3. The first-order chi connectivity index (χ1) is 8.15. The second-order valence-electron chi connectivity index (χ2n) is 3.97. The third-order valence-corrected chi connectivity index (χ3v) is 3.25. The second kappa shape index (κ2) is 5.38. The fourth-order valence-corrected chi connectivity index (χ4v) is 2.02. The summed E-state index contributed by atoms with van der Waals surface area (Å²) in [6, 6.07) is 9.75. The van der Waals surface area contributed by atoms with E-state index in [2.05, 4.69) is 21.2 Å². The van der Waals surface area contributed by atoms with E-state index in [-0.39, 0.29) is 0 Å². The van der Waals surface area contributed by atoms with Gasteiger partial charge in [0.05, 0.1) is 6.54 Å². The van der Waals surface area contributed by atoms with Gasteiger partial charge in [0.25, 0.3) is 0 Å². The molecule has 0 saturated heterocycles. The number of rotatable bonds is 4. The zero-order chi connectivity index (χ0) is 12.3. The molecule has 0 aliphatic heterocycles. The molecule has 1 aromatic carbocycles. The van der Waals surface area contributed by atoms with Gasteiger partial charge in [-0.3, -0.25) is 0 Å². The van der Waals surface area contributed by atoms with Gasteiger partial charge in [-0.15, -0.1) is 0 Å². The third-order valence-electron chi connectivity index (χ3n) is 2.48. The topological polar surface area (TPSA) is 51.2 Å². The molecule has 0 aliphatic rings. The van der Waals surface area contributed by atoms with Crippen molar-refractivity contribution in [2.24, 2.45) is 0 Å². The van der Waals surface area contributed by atoms with E-state index in [0.717, 1.165) is 40.3 Å². The van der Waals surface area contributed by atoms with Crippen LogP contribution in [0.4, 0.5) is 5.69 Å². The molecular formula is C13H15BrN2O. The minimum absolute atomic E-state index is 0.717. The number of nitrogens with two attached hydrogens (primary N) is 1. The van der Waals surface area contributed by atoms with E-state index in [4.69, 9.17) is 10.2 Å². The molecule has 0 radical (unpaired) electrons. The molecule has 17 heavy (non-hydrogen) atoms. The van der Waals surface area contributed by atoms with Gasteiger partial charge >= 0.3 is 0 Å². The minimum atomic E-state index is 0.717. The molecule has 1 heterocycles. The van der Waals surface area contributed by atoms with Crippen molar-refractivity contribution in [1.29, 1.82) is 0 Å². The molecule has 0 atom stereocenters. The van der Waals surface area contributed by atoms with Crippen LogP contribution in [0.3, 0.4) is 0 Å². The first-order valence-electron chi connectivity index (χ1n) is 5.45. The van der Waals surface area contributed by atoms with Gasteiger partial charge in [0.1, 0.15) is 11.5 Å². The summed E-state index contributed by atoms with van der Waals surface area (Å²) in [5, 5.41) is 3.32. The van der Waals surface area contributed by atoms with Gasteiger partial charge in [0, 0.05) is 16.7 Å². The number of nitrogens with one attached hydrogen (secondary N) is 1. The Bertz CT molecular complexity index is 508. The summed E-state index contributed by atoms with van der Waals surface area (Å²) in [4.78, 5) is 0. The van der Waals surface area contributed by atoms with Crippen LogP contribution in [0.1, 0.15) is 17.1 Å². The average Bonchev–Trinajstić information content (AvgIpc) is 2.69. The molecule has 2 aromatic rings.